The molecule has 8 rings (SSSR count). The number of fused-ring (bicyclic) bond motifs is 1. The van der Waals surface area contributed by atoms with Crippen LogP contribution in [0.25, 0.3) is 27.6 Å². The van der Waals surface area contributed by atoms with Gasteiger partial charge in [0.2, 0.25) is 11.8 Å². The number of halogens is 3. The van der Waals surface area contributed by atoms with E-state index >= 15 is 13.2 Å². The monoisotopic (exact) mass is 871 g/mol. The van der Waals surface area contributed by atoms with Gasteiger partial charge in [0.15, 0.2) is 17.5 Å². The molecule has 2 aromatic carbocycles. The summed E-state index contributed by atoms with van der Waals surface area (Å²) in [5, 5.41) is 5.15. The van der Waals surface area contributed by atoms with Crippen molar-refractivity contribution in [2.24, 2.45) is 11.1 Å². The van der Waals surface area contributed by atoms with Crippen molar-refractivity contribution >= 4 is 57.8 Å². The summed E-state index contributed by atoms with van der Waals surface area (Å²) in [6.07, 6.45) is 7.54. The van der Waals surface area contributed by atoms with Crippen molar-refractivity contribution in [2.45, 2.75) is 58.4 Å². The van der Waals surface area contributed by atoms with Crippen LogP contribution in [0.4, 0.5) is 24.5 Å². The Balaban J connectivity index is 0.000000883. The summed E-state index contributed by atoms with van der Waals surface area (Å²) in [5.41, 5.74) is 7.62. The molecule has 0 aliphatic carbocycles. The number of pyridine rings is 1. The molecule has 17 heteroatoms. The molecule has 0 radical (unpaired) electrons. The van der Waals surface area contributed by atoms with Gasteiger partial charge in [0.1, 0.15) is 23.7 Å². The van der Waals surface area contributed by atoms with Crippen molar-refractivity contribution in [1.82, 2.24) is 30.4 Å². The Hall–Kier alpha value is -6.07. The summed E-state index contributed by atoms with van der Waals surface area (Å²) in [7, 11) is 5.12. The Labute approximate surface area is 365 Å². The number of amides is 4. The first-order chi connectivity index (χ1) is 30.2. The van der Waals surface area contributed by atoms with Crippen LogP contribution < -0.4 is 26.2 Å². The van der Waals surface area contributed by atoms with Gasteiger partial charge in [-0.25, -0.2) is 18.2 Å². The normalized spacial score (nSPS) is 18.3. The van der Waals surface area contributed by atoms with E-state index in [2.05, 4.69) is 30.4 Å². The molecule has 4 amide bonds. The molecule has 336 valence electrons. The highest BCUT2D eigenvalue weighted by Gasteiger charge is 2.45. The summed E-state index contributed by atoms with van der Waals surface area (Å²) in [5.74, 6) is -4.30. The zero-order valence-corrected chi connectivity index (χ0v) is 36.5. The number of H-pyrrole nitrogens is 1. The van der Waals surface area contributed by atoms with E-state index in [1.54, 1.807) is 44.6 Å². The average molecular weight is 872 g/mol. The minimum absolute atomic E-state index is 0.00125. The molecule has 1 unspecified atom stereocenters. The van der Waals surface area contributed by atoms with Crippen LogP contribution in [0.1, 0.15) is 78.9 Å². The fraction of sp³-hybridized carbons (Fsp3) is 0.435. The van der Waals surface area contributed by atoms with Crippen LogP contribution in [-0.2, 0) is 14.4 Å². The topological polar surface area (TPSA) is 177 Å². The first kappa shape index (κ1) is 46.4. The number of nitrogens with two attached hydrogens (primary N) is 1. The highest BCUT2D eigenvalue weighted by Crippen LogP contribution is 2.45. The lowest BCUT2D eigenvalue weighted by Gasteiger charge is -2.55. The maximum Gasteiger partial charge on any atom is 0.270 e. The van der Waals surface area contributed by atoms with Crippen molar-refractivity contribution in [2.75, 3.05) is 76.8 Å². The zero-order valence-electron chi connectivity index (χ0n) is 36.5. The predicted octanol–water partition coefficient (Wildman–Crippen LogP) is 5.27. The minimum atomic E-state index is -1.03. The van der Waals surface area contributed by atoms with Crippen LogP contribution in [0.15, 0.2) is 48.7 Å². The molecule has 14 nitrogen and oxygen atoms in total. The Bertz CT molecular complexity index is 2380. The van der Waals surface area contributed by atoms with Gasteiger partial charge in [-0.1, -0.05) is 19.9 Å². The molecule has 2 aromatic heterocycles. The van der Waals surface area contributed by atoms with Crippen LogP contribution >= 0.6 is 0 Å². The SMILES string of the molecule is CC.CN1CCC=C(c2cc(-c3ccc(N4CCC5(CC4)CN(c4ccc(C(=O)NC6CCC(=O)NC6=O)nc4)C5)c(F)c3F)c3cc(C(=O)N(C)C)[nH]c3c2F)C1.NCCC=O. The van der Waals surface area contributed by atoms with Crippen LogP contribution in [0.5, 0.6) is 0 Å². The second kappa shape index (κ2) is 20.0. The molecule has 0 saturated carbocycles. The van der Waals surface area contributed by atoms with Gasteiger partial charge in [-0.05, 0) is 86.8 Å². The standard InChI is InChI=1S/C41H43F3N8O4.C3H7NO.C2H6/c1-49(2)40(56)31-18-28-27(17-26(35(43)37(28)46-31)23-5-4-14-50(3)20-23)25-7-10-32(36(44)34(25)42)51-15-12-41(13-16-51)21-52(22-41)24-6-8-29(45-19-24)38(54)47-30-9-11-33(53)48-39(30)55;4-2-1-3-5;1-2/h5-8,10,17-19,30,46H,4,9,11-16,20-22H2,1-3H3,(H,47,54)(H,48,53,55);3H,1-2,4H2;1-2H3. The molecule has 3 saturated heterocycles. The number of piperidine rings is 2. The molecule has 3 fully saturated rings. The fourth-order valence-electron chi connectivity index (χ4n) is 8.48. The van der Waals surface area contributed by atoms with E-state index in [1.807, 2.05) is 37.9 Å². The second-order valence-electron chi connectivity index (χ2n) is 16.4. The number of benzene rings is 2. The summed E-state index contributed by atoms with van der Waals surface area (Å²) < 4.78 is 48.6. The number of carbonyl (C=O) groups is 5. The predicted molar refractivity (Wildman–Crippen MR) is 237 cm³/mol. The van der Waals surface area contributed by atoms with Gasteiger partial charge in [0, 0.05) is 88.1 Å². The smallest absolute Gasteiger partial charge is 0.270 e. The van der Waals surface area contributed by atoms with E-state index in [0.717, 1.165) is 56.4 Å². The summed E-state index contributed by atoms with van der Waals surface area (Å²) >= 11 is 0. The number of carbonyl (C=O) groups excluding carboxylic acids is 5. The van der Waals surface area contributed by atoms with Crippen molar-refractivity contribution < 1.29 is 37.1 Å². The fourth-order valence-corrected chi connectivity index (χ4v) is 8.48. The van der Waals surface area contributed by atoms with Gasteiger partial charge in [0.05, 0.1) is 23.1 Å². The highest BCUT2D eigenvalue weighted by atomic mass is 19.2. The van der Waals surface area contributed by atoms with Gasteiger partial charge < -0.3 is 40.4 Å². The minimum Gasteiger partial charge on any atom is -0.369 e. The van der Waals surface area contributed by atoms with E-state index in [-0.39, 0.29) is 63.8 Å². The lowest BCUT2D eigenvalue weighted by Crippen LogP contribution is -2.60. The van der Waals surface area contributed by atoms with Gasteiger partial charge in [-0.3, -0.25) is 24.5 Å². The number of aromatic amines is 1. The zero-order chi connectivity index (χ0) is 45.6. The van der Waals surface area contributed by atoms with Crippen molar-refractivity contribution in [3.63, 3.8) is 0 Å². The van der Waals surface area contributed by atoms with Crippen LogP contribution in [0, 0.1) is 22.9 Å². The van der Waals surface area contributed by atoms with Gasteiger partial charge in [-0.2, -0.15) is 0 Å². The largest absolute Gasteiger partial charge is 0.369 e. The highest BCUT2D eigenvalue weighted by molar-refractivity contribution is 6.05. The second-order valence-corrected chi connectivity index (χ2v) is 16.4. The van der Waals surface area contributed by atoms with E-state index in [0.29, 0.717) is 43.5 Å². The molecule has 63 heavy (non-hydrogen) atoms. The number of hydrogen-bond donors (Lipinski definition) is 4. The first-order valence-corrected chi connectivity index (χ1v) is 21.4. The van der Waals surface area contributed by atoms with Crippen LogP contribution in [0.3, 0.4) is 0 Å². The third-order valence-electron chi connectivity index (χ3n) is 11.9. The Morgan fingerprint density at radius 1 is 0.968 bits per heavy atom. The number of imide groups is 1. The van der Waals surface area contributed by atoms with E-state index in [4.69, 9.17) is 5.73 Å². The lowest BCUT2D eigenvalue weighted by molar-refractivity contribution is -0.134. The summed E-state index contributed by atoms with van der Waals surface area (Å²) in [4.78, 5) is 73.0. The van der Waals surface area contributed by atoms with Crippen LogP contribution in [-0.4, -0.2) is 123 Å². The number of nitrogens with zero attached hydrogens (tertiary/aromatic N) is 5. The first-order valence-electron chi connectivity index (χ1n) is 21.4. The molecular formula is C46H56F3N9O5. The number of hydrogen-bond acceptors (Lipinski definition) is 10. The Morgan fingerprint density at radius 2 is 1.70 bits per heavy atom. The van der Waals surface area contributed by atoms with Crippen LogP contribution in [0.2, 0.25) is 0 Å². The number of anilines is 2. The number of aldehydes is 1. The van der Waals surface area contributed by atoms with Crippen molar-refractivity contribution in [3.8, 4) is 11.1 Å². The van der Waals surface area contributed by atoms with Crippen molar-refractivity contribution in [3.05, 3.63) is 83.1 Å². The molecule has 4 aromatic rings. The molecule has 5 N–H and O–H groups in total. The van der Waals surface area contributed by atoms with Gasteiger partial charge in [0.25, 0.3) is 11.8 Å². The van der Waals surface area contributed by atoms with Gasteiger partial charge in [-0.15, -0.1) is 0 Å². The maximum atomic E-state index is 16.3. The summed E-state index contributed by atoms with van der Waals surface area (Å²) in [6, 6.07) is 8.84. The third kappa shape index (κ3) is 9.94. The Kier molecular flexibility index (Phi) is 14.7. The van der Waals surface area contributed by atoms with E-state index in [9.17, 15) is 24.0 Å². The third-order valence-corrected chi connectivity index (χ3v) is 11.9. The summed E-state index contributed by atoms with van der Waals surface area (Å²) in [6.45, 7) is 8.36. The Morgan fingerprint density at radius 3 is 2.30 bits per heavy atom. The number of aromatic nitrogens is 2. The number of nitrogens with one attached hydrogen (secondary N) is 3. The van der Waals surface area contributed by atoms with Crippen molar-refractivity contribution in [1.29, 1.82) is 0 Å². The number of rotatable bonds is 9. The average Bonchev–Trinajstić information content (AvgIpc) is 3.72. The molecule has 0 bridgehead atoms. The molecule has 6 heterocycles. The maximum absolute atomic E-state index is 16.3. The number of likely N-dealkylation sites (N-methyl/N-ethyl adjacent to an activating group) is 1. The van der Waals surface area contributed by atoms with Gasteiger partial charge >= 0.3 is 0 Å². The van der Waals surface area contributed by atoms with E-state index < -0.39 is 35.3 Å². The molecule has 4 aliphatic heterocycles. The quantitative estimate of drug-likeness (QED) is 0.128. The van der Waals surface area contributed by atoms with E-state index in [1.165, 1.54) is 11.0 Å². The molecular weight excluding hydrogens is 816 g/mol. The molecule has 4 aliphatic rings. The molecule has 1 atom stereocenters. The molecule has 1 spiro atoms. The lowest BCUT2D eigenvalue weighted by atomic mass is 9.71.